The summed E-state index contributed by atoms with van der Waals surface area (Å²) in [7, 11) is 1.91. The molecular formula is C13H13ClN4. The van der Waals surface area contributed by atoms with E-state index in [1.165, 1.54) is 0 Å². The second-order valence-electron chi connectivity index (χ2n) is 4.16. The van der Waals surface area contributed by atoms with Crippen LogP contribution in [0.15, 0.2) is 24.3 Å². The van der Waals surface area contributed by atoms with Crippen LogP contribution in [0.1, 0.15) is 13.3 Å². The van der Waals surface area contributed by atoms with E-state index in [1.54, 1.807) is 0 Å². The van der Waals surface area contributed by atoms with Gasteiger partial charge in [0.25, 0.3) is 0 Å². The Hall–Kier alpha value is -1.86. The molecule has 1 aromatic heterocycles. The summed E-state index contributed by atoms with van der Waals surface area (Å²) in [6.07, 6.45) is 0.437. The normalized spacial score (nSPS) is 12.1. The predicted octanol–water partition coefficient (Wildman–Crippen LogP) is 3.02. The van der Waals surface area contributed by atoms with Gasteiger partial charge < -0.3 is 4.90 Å². The largest absolute Gasteiger partial charge is 0.355 e. The molecule has 5 heteroatoms. The lowest BCUT2D eigenvalue weighted by atomic mass is 10.2. The Morgan fingerprint density at radius 2 is 2.11 bits per heavy atom. The molecule has 92 valence electrons. The summed E-state index contributed by atoms with van der Waals surface area (Å²) in [5, 5.41) is 9.93. The quantitative estimate of drug-likeness (QED) is 0.796. The highest BCUT2D eigenvalue weighted by Gasteiger charge is 2.15. The number of hydrogen-bond donors (Lipinski definition) is 0. The summed E-state index contributed by atoms with van der Waals surface area (Å²) in [6, 6.07) is 9.94. The number of anilines is 1. The maximum Gasteiger partial charge on any atom is 0.224 e. The third-order valence-corrected chi connectivity index (χ3v) is 3.11. The van der Waals surface area contributed by atoms with E-state index in [0.717, 1.165) is 16.7 Å². The van der Waals surface area contributed by atoms with E-state index in [4.69, 9.17) is 16.9 Å². The molecule has 0 radical (unpaired) electrons. The molecule has 0 aliphatic carbocycles. The topological polar surface area (TPSA) is 52.8 Å². The van der Waals surface area contributed by atoms with Crippen molar-refractivity contribution >= 4 is 28.3 Å². The van der Waals surface area contributed by atoms with Crippen molar-refractivity contribution in [2.45, 2.75) is 19.4 Å². The van der Waals surface area contributed by atoms with Crippen LogP contribution in [0.2, 0.25) is 5.28 Å². The molecule has 0 N–H and O–H groups in total. The standard InChI is InChI=1S/C13H13ClN4/c1-9(7-8-15)18(2)12-10-5-3-4-6-11(10)16-13(14)17-12/h3-6,9H,7H2,1-2H3. The molecule has 2 aromatic rings. The van der Waals surface area contributed by atoms with E-state index in [1.807, 2.05) is 43.1 Å². The molecule has 0 saturated carbocycles. The molecule has 1 heterocycles. The van der Waals surface area contributed by atoms with Gasteiger partial charge in [-0.3, -0.25) is 0 Å². The Morgan fingerprint density at radius 1 is 1.39 bits per heavy atom. The monoisotopic (exact) mass is 260 g/mol. The average Bonchev–Trinajstić information content (AvgIpc) is 2.37. The Kier molecular flexibility index (Phi) is 3.63. The minimum Gasteiger partial charge on any atom is -0.355 e. The van der Waals surface area contributed by atoms with Gasteiger partial charge in [-0.25, -0.2) is 4.98 Å². The molecule has 4 nitrogen and oxygen atoms in total. The number of nitrogens with zero attached hydrogens (tertiary/aromatic N) is 4. The molecule has 18 heavy (non-hydrogen) atoms. The SMILES string of the molecule is CC(CC#N)N(C)c1nc(Cl)nc2ccccc12. The fourth-order valence-corrected chi connectivity index (χ4v) is 1.95. The van der Waals surface area contributed by atoms with Gasteiger partial charge >= 0.3 is 0 Å². The number of nitriles is 1. The summed E-state index contributed by atoms with van der Waals surface area (Å²) in [5.74, 6) is 0.758. The first kappa shape index (κ1) is 12.6. The second kappa shape index (κ2) is 5.19. The van der Waals surface area contributed by atoms with Crippen LogP contribution in [0.5, 0.6) is 0 Å². The van der Waals surface area contributed by atoms with Crippen molar-refractivity contribution < 1.29 is 0 Å². The Labute approximate surface area is 111 Å². The van der Waals surface area contributed by atoms with Crippen molar-refractivity contribution in [1.29, 1.82) is 5.26 Å². The van der Waals surface area contributed by atoms with E-state index in [-0.39, 0.29) is 11.3 Å². The summed E-state index contributed by atoms with van der Waals surface area (Å²) < 4.78 is 0. The van der Waals surface area contributed by atoms with Crippen molar-refractivity contribution in [3.05, 3.63) is 29.5 Å². The van der Waals surface area contributed by atoms with Gasteiger partial charge in [-0.2, -0.15) is 10.2 Å². The van der Waals surface area contributed by atoms with Gasteiger partial charge in [-0.15, -0.1) is 0 Å². The van der Waals surface area contributed by atoms with Crippen LogP contribution in [0, 0.1) is 11.3 Å². The van der Waals surface area contributed by atoms with E-state index >= 15 is 0 Å². The molecule has 1 atom stereocenters. The highest BCUT2D eigenvalue weighted by Crippen LogP contribution is 2.26. The second-order valence-corrected chi connectivity index (χ2v) is 4.49. The van der Waals surface area contributed by atoms with Gasteiger partial charge in [-0.1, -0.05) is 12.1 Å². The van der Waals surface area contributed by atoms with Crippen molar-refractivity contribution in [2.24, 2.45) is 0 Å². The fraction of sp³-hybridized carbons (Fsp3) is 0.308. The third-order valence-electron chi connectivity index (χ3n) is 2.94. The van der Waals surface area contributed by atoms with Crippen molar-refractivity contribution in [3.8, 4) is 6.07 Å². The molecule has 0 aliphatic rings. The first-order valence-corrected chi connectivity index (χ1v) is 6.03. The fourth-order valence-electron chi connectivity index (χ4n) is 1.78. The average molecular weight is 261 g/mol. The van der Waals surface area contributed by atoms with Crippen LogP contribution < -0.4 is 4.90 Å². The smallest absolute Gasteiger partial charge is 0.224 e. The number of para-hydroxylation sites is 1. The lowest BCUT2D eigenvalue weighted by molar-refractivity contribution is 0.696. The molecule has 2 rings (SSSR count). The van der Waals surface area contributed by atoms with Crippen LogP contribution >= 0.6 is 11.6 Å². The highest BCUT2D eigenvalue weighted by molar-refractivity contribution is 6.28. The summed E-state index contributed by atoms with van der Waals surface area (Å²) >= 11 is 5.94. The number of fused-ring (bicyclic) bond motifs is 1. The van der Waals surface area contributed by atoms with Crippen LogP contribution in [0.25, 0.3) is 10.9 Å². The van der Waals surface area contributed by atoms with Gasteiger partial charge in [-0.05, 0) is 30.7 Å². The first-order valence-electron chi connectivity index (χ1n) is 5.65. The number of halogens is 1. The predicted molar refractivity (Wildman–Crippen MR) is 72.6 cm³/mol. The van der Waals surface area contributed by atoms with E-state index < -0.39 is 0 Å². The minimum atomic E-state index is 0.0735. The summed E-state index contributed by atoms with van der Waals surface area (Å²) in [6.45, 7) is 1.98. The number of benzene rings is 1. The Balaban J connectivity index is 2.53. The molecule has 0 saturated heterocycles. The zero-order chi connectivity index (χ0) is 13.1. The maximum absolute atomic E-state index is 8.76. The Morgan fingerprint density at radius 3 is 2.83 bits per heavy atom. The molecule has 1 unspecified atom stereocenters. The zero-order valence-electron chi connectivity index (χ0n) is 10.3. The molecule has 1 aromatic carbocycles. The van der Waals surface area contributed by atoms with Gasteiger partial charge in [0.2, 0.25) is 5.28 Å². The van der Waals surface area contributed by atoms with Crippen LogP contribution in [-0.2, 0) is 0 Å². The molecule has 0 fully saturated rings. The maximum atomic E-state index is 8.76. The molecule has 0 amide bonds. The molecule has 0 aliphatic heterocycles. The number of hydrogen-bond acceptors (Lipinski definition) is 4. The highest BCUT2D eigenvalue weighted by atomic mass is 35.5. The number of rotatable bonds is 3. The third kappa shape index (κ3) is 2.36. The Bertz CT molecular complexity index is 605. The first-order chi connectivity index (χ1) is 8.63. The van der Waals surface area contributed by atoms with Gasteiger partial charge in [0.05, 0.1) is 18.0 Å². The van der Waals surface area contributed by atoms with E-state index in [0.29, 0.717) is 6.42 Å². The molecule has 0 bridgehead atoms. The summed E-state index contributed by atoms with van der Waals surface area (Å²) in [5.41, 5.74) is 0.809. The summed E-state index contributed by atoms with van der Waals surface area (Å²) in [4.78, 5) is 10.4. The van der Waals surface area contributed by atoms with E-state index in [9.17, 15) is 0 Å². The molecular weight excluding hydrogens is 248 g/mol. The van der Waals surface area contributed by atoms with Gasteiger partial charge in [0.15, 0.2) is 0 Å². The van der Waals surface area contributed by atoms with Crippen molar-refractivity contribution in [3.63, 3.8) is 0 Å². The van der Waals surface area contributed by atoms with Gasteiger partial charge in [0, 0.05) is 18.5 Å². The zero-order valence-corrected chi connectivity index (χ0v) is 11.0. The van der Waals surface area contributed by atoms with Gasteiger partial charge in [0.1, 0.15) is 5.82 Å². The van der Waals surface area contributed by atoms with Crippen LogP contribution in [0.3, 0.4) is 0 Å². The van der Waals surface area contributed by atoms with Crippen molar-refractivity contribution in [1.82, 2.24) is 9.97 Å². The van der Waals surface area contributed by atoms with Crippen LogP contribution in [0.4, 0.5) is 5.82 Å². The number of aromatic nitrogens is 2. The molecule has 0 spiro atoms. The lowest BCUT2D eigenvalue weighted by Gasteiger charge is -2.25. The van der Waals surface area contributed by atoms with Crippen molar-refractivity contribution in [2.75, 3.05) is 11.9 Å². The lowest BCUT2D eigenvalue weighted by Crippen LogP contribution is -2.29. The van der Waals surface area contributed by atoms with Crippen LogP contribution in [-0.4, -0.2) is 23.1 Å². The van der Waals surface area contributed by atoms with E-state index in [2.05, 4.69) is 16.0 Å². The minimum absolute atomic E-state index is 0.0735.